The van der Waals surface area contributed by atoms with E-state index in [1.807, 2.05) is 0 Å². The van der Waals surface area contributed by atoms with Gasteiger partial charge in [-0.25, -0.2) is 0 Å². The Morgan fingerprint density at radius 2 is 1.65 bits per heavy atom. The van der Waals surface area contributed by atoms with E-state index in [9.17, 15) is 0 Å². The SMILES string of the molecule is CCNC1CCC(C)(C)CC1N1CCN(C2CC2)CC1. The first-order valence-electron chi connectivity index (χ1n) is 8.80. The first kappa shape index (κ1) is 14.8. The van der Waals surface area contributed by atoms with E-state index in [-0.39, 0.29) is 0 Å². The van der Waals surface area contributed by atoms with Gasteiger partial charge in [-0.05, 0) is 44.1 Å². The van der Waals surface area contributed by atoms with E-state index < -0.39 is 0 Å². The monoisotopic (exact) mass is 279 g/mol. The van der Waals surface area contributed by atoms with Crippen LogP contribution in [0.2, 0.25) is 0 Å². The highest BCUT2D eigenvalue weighted by Crippen LogP contribution is 2.38. The molecule has 1 saturated heterocycles. The van der Waals surface area contributed by atoms with Crippen LogP contribution >= 0.6 is 0 Å². The third kappa shape index (κ3) is 3.37. The van der Waals surface area contributed by atoms with E-state index in [2.05, 4.69) is 35.9 Å². The van der Waals surface area contributed by atoms with E-state index in [1.54, 1.807) is 0 Å². The zero-order valence-electron chi connectivity index (χ0n) is 13.7. The summed E-state index contributed by atoms with van der Waals surface area (Å²) < 4.78 is 0. The van der Waals surface area contributed by atoms with Gasteiger partial charge in [0, 0.05) is 44.3 Å². The quantitative estimate of drug-likeness (QED) is 0.852. The summed E-state index contributed by atoms with van der Waals surface area (Å²) in [4.78, 5) is 5.53. The maximum absolute atomic E-state index is 3.76. The smallest absolute Gasteiger partial charge is 0.0255 e. The van der Waals surface area contributed by atoms with Crippen LogP contribution in [0.4, 0.5) is 0 Å². The van der Waals surface area contributed by atoms with Crippen molar-refractivity contribution in [2.45, 2.75) is 71.0 Å². The van der Waals surface area contributed by atoms with Crippen molar-refractivity contribution in [3.8, 4) is 0 Å². The molecule has 0 radical (unpaired) electrons. The van der Waals surface area contributed by atoms with Crippen LogP contribution in [0.15, 0.2) is 0 Å². The molecular weight excluding hydrogens is 246 g/mol. The molecule has 0 spiro atoms. The third-order valence-corrected chi connectivity index (χ3v) is 5.71. The lowest BCUT2D eigenvalue weighted by molar-refractivity contribution is 0.0273. The summed E-state index contributed by atoms with van der Waals surface area (Å²) in [6.45, 7) is 13.5. The molecule has 2 aliphatic carbocycles. The van der Waals surface area contributed by atoms with Gasteiger partial charge in [-0.1, -0.05) is 20.8 Å². The number of likely N-dealkylation sites (N-methyl/N-ethyl adjacent to an activating group) is 1. The molecule has 0 aromatic heterocycles. The first-order chi connectivity index (χ1) is 9.59. The van der Waals surface area contributed by atoms with Gasteiger partial charge in [-0.15, -0.1) is 0 Å². The molecule has 0 amide bonds. The van der Waals surface area contributed by atoms with Crippen molar-refractivity contribution in [1.82, 2.24) is 15.1 Å². The number of nitrogens with one attached hydrogen (secondary N) is 1. The lowest BCUT2D eigenvalue weighted by atomic mass is 9.72. The summed E-state index contributed by atoms with van der Waals surface area (Å²) in [6, 6.07) is 2.44. The highest BCUT2D eigenvalue weighted by atomic mass is 15.3. The van der Waals surface area contributed by atoms with Gasteiger partial charge in [-0.2, -0.15) is 0 Å². The van der Waals surface area contributed by atoms with Crippen LogP contribution in [0.25, 0.3) is 0 Å². The van der Waals surface area contributed by atoms with Gasteiger partial charge in [0.25, 0.3) is 0 Å². The van der Waals surface area contributed by atoms with Crippen molar-refractivity contribution in [1.29, 1.82) is 0 Å². The fourth-order valence-corrected chi connectivity index (χ4v) is 4.31. The van der Waals surface area contributed by atoms with Crippen LogP contribution in [0.1, 0.15) is 52.9 Å². The Hall–Kier alpha value is -0.120. The lowest BCUT2D eigenvalue weighted by Gasteiger charge is -2.48. The molecule has 2 unspecified atom stereocenters. The molecule has 3 heteroatoms. The fraction of sp³-hybridized carbons (Fsp3) is 1.00. The van der Waals surface area contributed by atoms with E-state index >= 15 is 0 Å². The van der Waals surface area contributed by atoms with Gasteiger partial charge in [0.1, 0.15) is 0 Å². The molecule has 0 aromatic rings. The minimum absolute atomic E-state index is 0.532. The number of rotatable bonds is 4. The Bertz CT molecular complexity index is 316. The fourth-order valence-electron chi connectivity index (χ4n) is 4.31. The Morgan fingerprint density at radius 1 is 1.00 bits per heavy atom. The number of nitrogens with zero attached hydrogens (tertiary/aromatic N) is 2. The Balaban J connectivity index is 1.59. The first-order valence-corrected chi connectivity index (χ1v) is 8.80. The predicted molar refractivity (Wildman–Crippen MR) is 85.1 cm³/mol. The van der Waals surface area contributed by atoms with Crippen molar-refractivity contribution in [3.05, 3.63) is 0 Å². The highest BCUT2D eigenvalue weighted by Gasteiger charge is 2.39. The molecule has 3 fully saturated rings. The van der Waals surface area contributed by atoms with E-state index in [0.717, 1.165) is 24.7 Å². The lowest BCUT2D eigenvalue weighted by Crippen LogP contribution is -2.59. The third-order valence-electron chi connectivity index (χ3n) is 5.71. The zero-order chi connectivity index (χ0) is 14.2. The van der Waals surface area contributed by atoms with Crippen molar-refractivity contribution >= 4 is 0 Å². The summed E-state index contributed by atoms with van der Waals surface area (Å²) in [5.41, 5.74) is 0.532. The van der Waals surface area contributed by atoms with E-state index in [1.165, 1.54) is 58.3 Å². The van der Waals surface area contributed by atoms with E-state index in [0.29, 0.717) is 5.41 Å². The van der Waals surface area contributed by atoms with Crippen LogP contribution in [-0.2, 0) is 0 Å². The van der Waals surface area contributed by atoms with Gasteiger partial charge in [-0.3, -0.25) is 9.80 Å². The number of piperazine rings is 1. The van der Waals surface area contributed by atoms with Gasteiger partial charge in [0.15, 0.2) is 0 Å². The van der Waals surface area contributed by atoms with Gasteiger partial charge in [0.05, 0.1) is 0 Å². The Labute approximate surface area is 125 Å². The van der Waals surface area contributed by atoms with Crippen molar-refractivity contribution in [2.24, 2.45) is 5.41 Å². The summed E-state index contributed by atoms with van der Waals surface area (Å²) >= 11 is 0. The topological polar surface area (TPSA) is 18.5 Å². The van der Waals surface area contributed by atoms with Gasteiger partial charge >= 0.3 is 0 Å². The highest BCUT2D eigenvalue weighted by molar-refractivity contribution is 4.97. The number of hydrogen-bond donors (Lipinski definition) is 1. The Morgan fingerprint density at radius 3 is 2.25 bits per heavy atom. The normalized spacial score (nSPS) is 36.1. The maximum atomic E-state index is 3.76. The molecule has 3 rings (SSSR count). The second kappa shape index (κ2) is 5.94. The molecule has 116 valence electrons. The van der Waals surface area contributed by atoms with Gasteiger partial charge < -0.3 is 5.32 Å². The molecule has 1 N–H and O–H groups in total. The Kier molecular flexibility index (Phi) is 4.40. The molecule has 3 nitrogen and oxygen atoms in total. The molecule has 1 heterocycles. The second-order valence-corrected chi connectivity index (χ2v) is 7.94. The van der Waals surface area contributed by atoms with E-state index in [4.69, 9.17) is 0 Å². The van der Waals surface area contributed by atoms with Crippen LogP contribution < -0.4 is 5.32 Å². The maximum Gasteiger partial charge on any atom is 0.0255 e. The predicted octanol–water partition coefficient (Wildman–Crippen LogP) is 2.32. The van der Waals surface area contributed by atoms with Crippen LogP contribution in [0, 0.1) is 5.41 Å². The average Bonchev–Trinajstić information content (AvgIpc) is 3.25. The summed E-state index contributed by atoms with van der Waals surface area (Å²) in [7, 11) is 0. The second-order valence-electron chi connectivity index (χ2n) is 7.94. The van der Waals surface area contributed by atoms with Crippen molar-refractivity contribution in [3.63, 3.8) is 0 Å². The molecular formula is C17H33N3. The largest absolute Gasteiger partial charge is 0.313 e. The minimum Gasteiger partial charge on any atom is -0.313 e. The molecule has 0 bridgehead atoms. The molecule has 1 aliphatic heterocycles. The minimum atomic E-state index is 0.532. The average molecular weight is 279 g/mol. The van der Waals surface area contributed by atoms with Crippen molar-refractivity contribution < 1.29 is 0 Å². The van der Waals surface area contributed by atoms with Crippen LogP contribution in [0.5, 0.6) is 0 Å². The summed E-state index contributed by atoms with van der Waals surface area (Å²) in [5, 5.41) is 3.76. The van der Waals surface area contributed by atoms with Crippen LogP contribution in [0.3, 0.4) is 0 Å². The van der Waals surface area contributed by atoms with Gasteiger partial charge in [0.2, 0.25) is 0 Å². The zero-order valence-corrected chi connectivity index (χ0v) is 13.7. The molecule has 2 saturated carbocycles. The summed E-state index contributed by atoms with van der Waals surface area (Å²) in [6.07, 6.45) is 7.01. The standard InChI is InChI=1S/C17H33N3/c1-4-18-15-7-8-17(2,3)13-16(15)20-11-9-19(10-12-20)14-5-6-14/h14-16,18H,4-13H2,1-3H3. The van der Waals surface area contributed by atoms with Crippen molar-refractivity contribution in [2.75, 3.05) is 32.7 Å². The number of hydrogen-bond acceptors (Lipinski definition) is 3. The molecule has 20 heavy (non-hydrogen) atoms. The molecule has 3 aliphatic rings. The molecule has 2 atom stereocenters. The molecule has 0 aromatic carbocycles. The van der Waals surface area contributed by atoms with Crippen LogP contribution in [-0.4, -0.2) is 60.6 Å². The summed E-state index contributed by atoms with van der Waals surface area (Å²) in [5.74, 6) is 0.